The highest BCUT2D eigenvalue weighted by molar-refractivity contribution is 7.93. The monoisotopic (exact) mass is 250 g/mol. The van der Waals surface area contributed by atoms with E-state index in [1.807, 2.05) is 25.1 Å². The number of para-hydroxylation sites is 1. The Kier molecular flexibility index (Phi) is 3.07. The summed E-state index contributed by atoms with van der Waals surface area (Å²) in [6, 6.07) is 9.20. The summed E-state index contributed by atoms with van der Waals surface area (Å²) in [5.41, 5.74) is 1.76. The van der Waals surface area contributed by atoms with Gasteiger partial charge in [-0.15, -0.1) is 0 Å². The Labute approximate surface area is 102 Å². The van der Waals surface area contributed by atoms with E-state index >= 15 is 0 Å². The highest BCUT2D eigenvalue weighted by Crippen LogP contribution is 2.31. The van der Waals surface area contributed by atoms with Crippen molar-refractivity contribution in [3.05, 3.63) is 29.8 Å². The van der Waals surface area contributed by atoms with E-state index in [0.717, 1.165) is 17.7 Å². The molecule has 1 aliphatic rings. The summed E-state index contributed by atoms with van der Waals surface area (Å²) < 4.78 is 25.4. The van der Waals surface area contributed by atoms with Gasteiger partial charge in [-0.25, -0.2) is 8.42 Å². The zero-order valence-electron chi connectivity index (χ0n) is 9.63. The van der Waals surface area contributed by atoms with Gasteiger partial charge in [-0.05, 0) is 24.0 Å². The lowest BCUT2D eigenvalue weighted by molar-refractivity contribution is 0.546. The van der Waals surface area contributed by atoms with E-state index < -0.39 is 15.8 Å². The molecule has 4 nitrogen and oxygen atoms in total. The van der Waals surface area contributed by atoms with Crippen LogP contribution in [0.15, 0.2) is 24.3 Å². The first-order valence-corrected chi connectivity index (χ1v) is 7.11. The lowest BCUT2D eigenvalue weighted by Crippen LogP contribution is -2.40. The summed E-state index contributed by atoms with van der Waals surface area (Å²) >= 11 is 0. The van der Waals surface area contributed by atoms with E-state index in [-0.39, 0.29) is 5.92 Å². The average Bonchev–Trinajstić information content (AvgIpc) is 2.27. The fraction of sp³-hybridized carbons (Fsp3) is 0.417. The molecule has 0 saturated heterocycles. The van der Waals surface area contributed by atoms with Crippen molar-refractivity contribution in [3.63, 3.8) is 0 Å². The Hall–Kier alpha value is -1.54. The van der Waals surface area contributed by atoms with Crippen molar-refractivity contribution in [2.75, 3.05) is 16.6 Å². The summed E-state index contributed by atoms with van der Waals surface area (Å²) in [4.78, 5) is 0. The third-order valence-electron chi connectivity index (χ3n) is 2.89. The molecule has 0 amide bonds. The maximum Gasteiger partial charge on any atom is 0.248 e. The Bertz CT molecular complexity index is 560. The van der Waals surface area contributed by atoms with Crippen LogP contribution in [-0.4, -0.2) is 20.7 Å². The third-order valence-corrected chi connectivity index (χ3v) is 4.40. The van der Waals surface area contributed by atoms with Crippen LogP contribution in [0.2, 0.25) is 0 Å². The van der Waals surface area contributed by atoms with Gasteiger partial charge in [-0.3, -0.25) is 4.31 Å². The van der Waals surface area contributed by atoms with Crippen molar-refractivity contribution in [1.82, 2.24) is 0 Å². The molecule has 2 rings (SSSR count). The summed E-state index contributed by atoms with van der Waals surface area (Å²) in [6.45, 7) is 2.48. The number of nitrogens with zero attached hydrogens (tertiary/aromatic N) is 2. The minimum absolute atomic E-state index is 0.276. The second-order valence-electron chi connectivity index (χ2n) is 4.38. The van der Waals surface area contributed by atoms with Crippen LogP contribution in [0.1, 0.15) is 12.5 Å². The van der Waals surface area contributed by atoms with Crippen molar-refractivity contribution in [3.8, 4) is 6.07 Å². The van der Waals surface area contributed by atoms with Gasteiger partial charge in [-0.2, -0.15) is 5.26 Å². The third kappa shape index (κ3) is 2.27. The first kappa shape index (κ1) is 11.9. The highest BCUT2D eigenvalue weighted by atomic mass is 32.2. The lowest BCUT2D eigenvalue weighted by atomic mass is 9.96. The number of anilines is 1. The molecular weight excluding hydrogens is 236 g/mol. The number of hydrogen-bond donors (Lipinski definition) is 0. The first-order chi connectivity index (χ1) is 8.04. The maximum absolute atomic E-state index is 12.0. The molecule has 90 valence electrons. The molecule has 1 aromatic carbocycles. The molecule has 1 atom stereocenters. The molecule has 0 saturated carbocycles. The second kappa shape index (κ2) is 4.38. The predicted octanol–water partition coefficient (Wildman–Crippen LogP) is 1.54. The van der Waals surface area contributed by atoms with Gasteiger partial charge in [0.05, 0.1) is 11.8 Å². The van der Waals surface area contributed by atoms with E-state index in [1.54, 1.807) is 12.1 Å². The van der Waals surface area contributed by atoms with E-state index in [9.17, 15) is 8.42 Å². The second-order valence-corrected chi connectivity index (χ2v) is 6.28. The van der Waals surface area contributed by atoms with Crippen LogP contribution < -0.4 is 4.31 Å². The summed E-state index contributed by atoms with van der Waals surface area (Å²) in [6.07, 6.45) is 0.884. The van der Waals surface area contributed by atoms with Crippen LogP contribution in [0.3, 0.4) is 0 Å². The molecular formula is C12H14N2O2S. The Balaban J connectivity index is 2.47. The molecule has 17 heavy (non-hydrogen) atoms. The molecule has 1 aromatic rings. The molecule has 0 aliphatic carbocycles. The fourth-order valence-electron chi connectivity index (χ4n) is 2.17. The number of benzene rings is 1. The average molecular weight is 250 g/mol. The lowest BCUT2D eigenvalue weighted by Gasteiger charge is -2.33. The van der Waals surface area contributed by atoms with E-state index in [4.69, 9.17) is 5.26 Å². The standard InChI is InChI=1S/C12H14N2O2S/c1-10-8-11-4-2-3-5-12(11)14(9-10)17(15,16)7-6-13/h2-5,10H,7-9H2,1H3. The minimum atomic E-state index is -3.51. The van der Waals surface area contributed by atoms with E-state index in [1.165, 1.54) is 4.31 Å². The summed E-state index contributed by atoms with van der Waals surface area (Å²) in [5.74, 6) is -0.188. The van der Waals surface area contributed by atoms with Crippen molar-refractivity contribution in [2.45, 2.75) is 13.3 Å². The smallest absolute Gasteiger partial charge is 0.248 e. The molecule has 0 aromatic heterocycles. The largest absolute Gasteiger partial charge is 0.269 e. The predicted molar refractivity (Wildman–Crippen MR) is 66.1 cm³/mol. The molecule has 1 unspecified atom stereocenters. The normalized spacial score (nSPS) is 19.5. The molecule has 0 bridgehead atoms. The fourth-order valence-corrected chi connectivity index (χ4v) is 3.45. The summed E-state index contributed by atoms with van der Waals surface area (Å²) in [7, 11) is -3.51. The van der Waals surface area contributed by atoms with Gasteiger partial charge < -0.3 is 0 Å². The molecule has 0 radical (unpaired) electrons. The summed E-state index contributed by atoms with van der Waals surface area (Å²) in [5, 5.41) is 8.59. The molecule has 0 spiro atoms. The SMILES string of the molecule is CC1Cc2ccccc2N(S(=O)(=O)CC#N)C1. The Morgan fingerprint density at radius 1 is 1.47 bits per heavy atom. The van der Waals surface area contributed by atoms with E-state index in [0.29, 0.717) is 6.54 Å². The van der Waals surface area contributed by atoms with Crippen LogP contribution in [0, 0.1) is 17.2 Å². The van der Waals surface area contributed by atoms with Gasteiger partial charge in [-0.1, -0.05) is 25.1 Å². The van der Waals surface area contributed by atoms with Crippen molar-refractivity contribution >= 4 is 15.7 Å². The van der Waals surface area contributed by atoms with Gasteiger partial charge in [0, 0.05) is 6.54 Å². The van der Waals surface area contributed by atoms with Crippen molar-refractivity contribution < 1.29 is 8.42 Å². The topological polar surface area (TPSA) is 61.2 Å². The van der Waals surface area contributed by atoms with Gasteiger partial charge in [0.15, 0.2) is 5.75 Å². The maximum atomic E-state index is 12.0. The first-order valence-electron chi connectivity index (χ1n) is 5.50. The van der Waals surface area contributed by atoms with Crippen molar-refractivity contribution in [2.24, 2.45) is 5.92 Å². The van der Waals surface area contributed by atoms with Gasteiger partial charge in [0.2, 0.25) is 10.0 Å². The van der Waals surface area contributed by atoms with Gasteiger partial charge in [0.1, 0.15) is 0 Å². The van der Waals surface area contributed by atoms with Crippen LogP contribution >= 0.6 is 0 Å². The molecule has 0 N–H and O–H groups in total. The van der Waals surface area contributed by atoms with Crippen LogP contribution in [-0.2, 0) is 16.4 Å². The quantitative estimate of drug-likeness (QED) is 0.800. The van der Waals surface area contributed by atoms with Crippen LogP contribution in [0.4, 0.5) is 5.69 Å². The number of nitriles is 1. The molecule has 5 heteroatoms. The Morgan fingerprint density at radius 2 is 2.18 bits per heavy atom. The van der Waals surface area contributed by atoms with E-state index in [2.05, 4.69) is 0 Å². The molecule has 0 fully saturated rings. The Morgan fingerprint density at radius 3 is 2.88 bits per heavy atom. The zero-order chi connectivity index (χ0) is 12.5. The van der Waals surface area contributed by atoms with Gasteiger partial charge >= 0.3 is 0 Å². The number of fused-ring (bicyclic) bond motifs is 1. The number of hydrogen-bond acceptors (Lipinski definition) is 3. The highest BCUT2D eigenvalue weighted by Gasteiger charge is 2.29. The number of sulfonamides is 1. The van der Waals surface area contributed by atoms with Crippen LogP contribution in [0.5, 0.6) is 0 Å². The van der Waals surface area contributed by atoms with Gasteiger partial charge in [0.25, 0.3) is 0 Å². The molecule has 1 heterocycles. The van der Waals surface area contributed by atoms with Crippen LogP contribution in [0.25, 0.3) is 0 Å². The number of rotatable bonds is 2. The zero-order valence-corrected chi connectivity index (χ0v) is 10.4. The minimum Gasteiger partial charge on any atom is -0.269 e. The molecule has 1 aliphatic heterocycles. The van der Waals surface area contributed by atoms with Crippen molar-refractivity contribution in [1.29, 1.82) is 5.26 Å².